The topological polar surface area (TPSA) is 55.6 Å². The van der Waals surface area contributed by atoms with E-state index in [1.54, 1.807) is 17.2 Å². The predicted octanol–water partition coefficient (Wildman–Crippen LogP) is 3.65. The van der Waals surface area contributed by atoms with Crippen LogP contribution < -0.4 is 4.74 Å². The van der Waals surface area contributed by atoms with Crippen LogP contribution in [0.4, 0.5) is 4.79 Å². The third-order valence-corrected chi connectivity index (χ3v) is 3.74. The van der Waals surface area contributed by atoms with E-state index in [-0.39, 0.29) is 0 Å². The number of nitrogens with zero attached hydrogens (tertiary/aromatic N) is 2. The summed E-state index contributed by atoms with van der Waals surface area (Å²) in [5, 5.41) is 1.05. The summed E-state index contributed by atoms with van der Waals surface area (Å²) in [5.41, 5.74) is 2.91. The van der Waals surface area contributed by atoms with E-state index in [1.165, 1.54) is 5.56 Å². The molecule has 1 aliphatic heterocycles. The molecule has 0 atom stereocenters. The van der Waals surface area contributed by atoms with Gasteiger partial charge in [-0.3, -0.25) is 4.90 Å². The van der Waals surface area contributed by atoms with E-state index < -0.39 is 6.09 Å². The van der Waals surface area contributed by atoms with E-state index in [4.69, 9.17) is 9.15 Å². The van der Waals surface area contributed by atoms with E-state index in [0.717, 1.165) is 22.2 Å². The monoisotopic (exact) mass is 294 g/mol. The molecule has 0 N–H and O–H groups in total. The van der Waals surface area contributed by atoms with E-state index in [0.29, 0.717) is 19.0 Å². The largest absolute Gasteiger partial charge is 0.467 e. The zero-order chi connectivity index (χ0) is 15.1. The fourth-order valence-electron chi connectivity index (χ4n) is 2.65. The summed E-state index contributed by atoms with van der Waals surface area (Å²) in [6.45, 7) is 2.89. The number of aryl methyl sites for hydroxylation is 1. The first-order valence-electron chi connectivity index (χ1n) is 7.08. The van der Waals surface area contributed by atoms with Crippen LogP contribution in [-0.4, -0.2) is 16.0 Å². The third-order valence-electron chi connectivity index (χ3n) is 3.74. The molecule has 0 spiro atoms. The van der Waals surface area contributed by atoms with Gasteiger partial charge in [0.15, 0.2) is 0 Å². The highest BCUT2D eigenvalue weighted by atomic mass is 16.6. The average Bonchev–Trinajstić information content (AvgIpc) is 2.99. The Hall–Kier alpha value is -2.82. The van der Waals surface area contributed by atoms with Crippen molar-refractivity contribution in [3.63, 3.8) is 0 Å². The number of rotatable bonds is 2. The van der Waals surface area contributed by atoms with Crippen LogP contribution in [-0.2, 0) is 13.1 Å². The molecular weight excluding hydrogens is 280 g/mol. The van der Waals surface area contributed by atoms with Crippen LogP contribution >= 0.6 is 0 Å². The highest BCUT2D eigenvalue weighted by Crippen LogP contribution is 2.29. The van der Waals surface area contributed by atoms with Crippen molar-refractivity contribution >= 4 is 17.0 Å². The molecule has 5 nitrogen and oxygen atoms in total. The van der Waals surface area contributed by atoms with Gasteiger partial charge in [0.2, 0.25) is 5.88 Å². The SMILES string of the molecule is Cc1ccc2nc3c(cc2c1)CN(Cc1ccco1)C(=O)O3. The molecule has 3 heterocycles. The summed E-state index contributed by atoms with van der Waals surface area (Å²) >= 11 is 0. The number of carbonyl (C=O) groups excluding carboxylic acids is 1. The number of carbonyl (C=O) groups is 1. The fourth-order valence-corrected chi connectivity index (χ4v) is 2.65. The number of furan rings is 1. The maximum atomic E-state index is 12.1. The van der Waals surface area contributed by atoms with E-state index >= 15 is 0 Å². The van der Waals surface area contributed by atoms with Crippen LogP contribution in [0.15, 0.2) is 47.1 Å². The van der Waals surface area contributed by atoms with Crippen molar-refractivity contribution < 1.29 is 13.9 Å². The summed E-state index contributed by atoms with van der Waals surface area (Å²) in [7, 11) is 0. The number of hydrogen-bond acceptors (Lipinski definition) is 4. The Balaban J connectivity index is 1.70. The molecule has 5 heteroatoms. The lowest BCUT2D eigenvalue weighted by atomic mass is 10.1. The minimum Gasteiger partial charge on any atom is -0.467 e. The zero-order valence-corrected chi connectivity index (χ0v) is 12.1. The third kappa shape index (κ3) is 2.20. The Morgan fingerprint density at radius 3 is 3.00 bits per heavy atom. The maximum Gasteiger partial charge on any atom is 0.417 e. The lowest BCUT2D eigenvalue weighted by molar-refractivity contribution is 0.129. The van der Waals surface area contributed by atoms with Gasteiger partial charge >= 0.3 is 6.09 Å². The maximum absolute atomic E-state index is 12.1. The van der Waals surface area contributed by atoms with Gasteiger partial charge in [-0.15, -0.1) is 0 Å². The summed E-state index contributed by atoms with van der Waals surface area (Å²) in [5.74, 6) is 1.13. The summed E-state index contributed by atoms with van der Waals surface area (Å²) in [4.78, 5) is 18.1. The molecule has 1 aromatic carbocycles. The van der Waals surface area contributed by atoms with E-state index in [2.05, 4.69) is 11.1 Å². The zero-order valence-electron chi connectivity index (χ0n) is 12.1. The van der Waals surface area contributed by atoms with Crippen LogP contribution in [0, 0.1) is 6.92 Å². The molecule has 2 aromatic heterocycles. The second kappa shape index (κ2) is 4.87. The Bertz CT molecular complexity index is 856. The normalized spacial score (nSPS) is 14.0. The molecule has 22 heavy (non-hydrogen) atoms. The van der Waals surface area contributed by atoms with Gasteiger partial charge in [0, 0.05) is 10.9 Å². The molecule has 0 fully saturated rings. The fraction of sp³-hybridized carbons (Fsp3) is 0.176. The summed E-state index contributed by atoms with van der Waals surface area (Å²) in [6, 6.07) is 11.7. The van der Waals surface area contributed by atoms with E-state index in [9.17, 15) is 4.79 Å². The molecule has 1 amide bonds. The van der Waals surface area contributed by atoms with Gasteiger partial charge in [-0.1, -0.05) is 11.6 Å². The minimum absolute atomic E-state index is 0.386. The lowest BCUT2D eigenvalue weighted by Crippen LogP contribution is -2.36. The standard InChI is InChI=1S/C17H14N2O3/c1-11-4-5-15-12(7-11)8-13-9-19(10-14-3-2-6-21-14)17(20)22-16(13)18-15/h2-8H,9-10H2,1H3. The van der Waals surface area contributed by atoms with Gasteiger partial charge in [0.25, 0.3) is 0 Å². The second-order valence-corrected chi connectivity index (χ2v) is 5.45. The van der Waals surface area contributed by atoms with Gasteiger partial charge in [-0.25, -0.2) is 9.78 Å². The summed E-state index contributed by atoms with van der Waals surface area (Å²) < 4.78 is 10.7. The lowest BCUT2D eigenvalue weighted by Gasteiger charge is -2.26. The molecule has 0 aliphatic carbocycles. The molecule has 0 saturated carbocycles. The number of pyridine rings is 1. The van der Waals surface area contributed by atoms with Crippen LogP contribution in [0.25, 0.3) is 10.9 Å². The molecular formula is C17H14N2O3. The first kappa shape index (κ1) is 12.9. The highest BCUT2D eigenvalue weighted by molar-refractivity contribution is 5.82. The van der Waals surface area contributed by atoms with E-state index in [1.807, 2.05) is 31.2 Å². The predicted molar refractivity (Wildman–Crippen MR) is 80.5 cm³/mol. The average molecular weight is 294 g/mol. The minimum atomic E-state index is -0.400. The van der Waals surface area contributed by atoms with Crippen molar-refractivity contribution in [2.24, 2.45) is 0 Å². The van der Waals surface area contributed by atoms with Gasteiger partial charge in [0.1, 0.15) is 5.76 Å². The van der Waals surface area contributed by atoms with Gasteiger partial charge in [-0.05, 0) is 37.3 Å². The molecule has 0 saturated heterocycles. The van der Waals surface area contributed by atoms with Crippen molar-refractivity contribution in [2.75, 3.05) is 0 Å². The van der Waals surface area contributed by atoms with Crippen molar-refractivity contribution in [1.82, 2.24) is 9.88 Å². The van der Waals surface area contributed by atoms with Crippen LogP contribution in [0.3, 0.4) is 0 Å². The first-order chi connectivity index (χ1) is 10.7. The smallest absolute Gasteiger partial charge is 0.417 e. The second-order valence-electron chi connectivity index (χ2n) is 5.45. The Labute approximate surface area is 127 Å². The Morgan fingerprint density at radius 2 is 2.18 bits per heavy atom. The van der Waals surface area contributed by atoms with Crippen molar-refractivity contribution in [1.29, 1.82) is 0 Å². The molecule has 110 valence electrons. The van der Waals surface area contributed by atoms with Gasteiger partial charge < -0.3 is 9.15 Å². The molecule has 3 aromatic rings. The molecule has 0 unspecified atom stereocenters. The number of hydrogen-bond donors (Lipinski definition) is 0. The van der Waals surface area contributed by atoms with Crippen LogP contribution in [0.2, 0.25) is 0 Å². The molecule has 4 rings (SSSR count). The molecule has 0 bridgehead atoms. The van der Waals surface area contributed by atoms with Crippen molar-refractivity contribution in [3.8, 4) is 5.88 Å². The number of amides is 1. The van der Waals surface area contributed by atoms with Gasteiger partial charge in [0.05, 0.1) is 24.9 Å². The van der Waals surface area contributed by atoms with Crippen molar-refractivity contribution in [2.45, 2.75) is 20.0 Å². The highest BCUT2D eigenvalue weighted by Gasteiger charge is 2.27. The summed E-state index contributed by atoms with van der Waals surface area (Å²) in [6.07, 6.45) is 1.19. The van der Waals surface area contributed by atoms with Crippen LogP contribution in [0.5, 0.6) is 5.88 Å². The first-order valence-corrected chi connectivity index (χ1v) is 7.08. The quantitative estimate of drug-likeness (QED) is 0.724. The number of ether oxygens (including phenoxy) is 1. The van der Waals surface area contributed by atoms with Crippen molar-refractivity contribution in [3.05, 3.63) is 59.5 Å². The van der Waals surface area contributed by atoms with Gasteiger partial charge in [-0.2, -0.15) is 0 Å². The number of aromatic nitrogens is 1. The number of benzene rings is 1. The van der Waals surface area contributed by atoms with Crippen LogP contribution in [0.1, 0.15) is 16.9 Å². The Morgan fingerprint density at radius 1 is 1.27 bits per heavy atom. The Kier molecular flexibility index (Phi) is 2.85. The molecule has 1 aliphatic rings. The molecule has 0 radical (unpaired) electrons. The number of fused-ring (bicyclic) bond motifs is 2.